The molecule has 0 saturated carbocycles. The second-order valence-corrected chi connectivity index (χ2v) is 7.57. The van der Waals surface area contributed by atoms with E-state index in [0.29, 0.717) is 23.7 Å². The van der Waals surface area contributed by atoms with Crippen LogP contribution >= 0.6 is 0 Å². The Morgan fingerprint density at radius 2 is 1.53 bits per heavy atom. The first-order valence-electron chi connectivity index (χ1n) is 10.6. The average Bonchev–Trinajstić information content (AvgIpc) is 2.84. The van der Waals surface area contributed by atoms with E-state index in [1.54, 1.807) is 36.7 Å². The number of para-hydroxylation sites is 1. The third-order valence-electron chi connectivity index (χ3n) is 5.32. The van der Waals surface area contributed by atoms with Crippen molar-refractivity contribution in [3.63, 3.8) is 0 Å². The van der Waals surface area contributed by atoms with Gasteiger partial charge in [0.15, 0.2) is 0 Å². The van der Waals surface area contributed by atoms with E-state index in [1.165, 1.54) is 0 Å². The molecular weight excluding hydrogens is 404 g/mol. The normalized spacial score (nSPS) is 14.1. The van der Waals surface area contributed by atoms with Crippen LogP contribution in [0.25, 0.3) is 0 Å². The number of nitrogens with zero attached hydrogens (tertiary/aromatic N) is 4. The van der Waals surface area contributed by atoms with Gasteiger partial charge in [-0.3, -0.25) is 14.5 Å². The summed E-state index contributed by atoms with van der Waals surface area (Å²) < 4.78 is 0. The van der Waals surface area contributed by atoms with E-state index in [2.05, 4.69) is 30.4 Å². The van der Waals surface area contributed by atoms with E-state index < -0.39 is 0 Å². The van der Waals surface area contributed by atoms with Gasteiger partial charge in [0.1, 0.15) is 0 Å². The second-order valence-electron chi connectivity index (χ2n) is 7.57. The Balaban J connectivity index is 1.29. The molecule has 0 bridgehead atoms. The summed E-state index contributed by atoms with van der Waals surface area (Å²) in [4.78, 5) is 38.1. The van der Waals surface area contributed by atoms with Crippen molar-refractivity contribution in [1.29, 1.82) is 0 Å². The second kappa shape index (κ2) is 10.5. The van der Waals surface area contributed by atoms with Gasteiger partial charge in [0.2, 0.25) is 11.9 Å². The largest absolute Gasteiger partial charge is 0.348 e. The highest BCUT2D eigenvalue weighted by atomic mass is 16.2. The first kappa shape index (κ1) is 21.5. The molecule has 32 heavy (non-hydrogen) atoms. The molecule has 2 heterocycles. The fourth-order valence-electron chi connectivity index (χ4n) is 3.62. The van der Waals surface area contributed by atoms with Gasteiger partial charge in [-0.25, -0.2) is 9.97 Å². The van der Waals surface area contributed by atoms with Gasteiger partial charge in [-0.15, -0.1) is 0 Å². The Bertz CT molecular complexity index is 1040. The summed E-state index contributed by atoms with van der Waals surface area (Å²) in [6, 6.07) is 18.6. The van der Waals surface area contributed by atoms with Crippen molar-refractivity contribution in [2.75, 3.05) is 42.9 Å². The third kappa shape index (κ3) is 5.67. The topological polar surface area (TPSA) is 90.5 Å². The third-order valence-corrected chi connectivity index (χ3v) is 5.32. The number of carbonyl (C=O) groups is 2. The summed E-state index contributed by atoms with van der Waals surface area (Å²) in [5.74, 6) is 0.353. The molecule has 1 aromatic heterocycles. The molecule has 8 heteroatoms. The highest BCUT2D eigenvalue weighted by molar-refractivity contribution is 6.04. The van der Waals surface area contributed by atoms with Crippen LogP contribution in [0.5, 0.6) is 0 Å². The van der Waals surface area contributed by atoms with Crippen LogP contribution in [0.4, 0.5) is 11.6 Å². The maximum atomic E-state index is 12.7. The Kier molecular flexibility index (Phi) is 7.04. The van der Waals surface area contributed by atoms with Crippen LogP contribution in [-0.2, 0) is 11.3 Å². The van der Waals surface area contributed by atoms with E-state index in [1.807, 2.05) is 36.4 Å². The van der Waals surface area contributed by atoms with Gasteiger partial charge in [0, 0.05) is 45.1 Å². The molecule has 3 aromatic rings. The van der Waals surface area contributed by atoms with Crippen molar-refractivity contribution in [2.45, 2.75) is 6.54 Å². The van der Waals surface area contributed by atoms with Crippen LogP contribution in [0.2, 0.25) is 0 Å². The lowest BCUT2D eigenvalue weighted by Crippen LogP contribution is -2.49. The smallest absolute Gasteiger partial charge is 0.253 e. The van der Waals surface area contributed by atoms with Crippen LogP contribution in [0.3, 0.4) is 0 Å². The summed E-state index contributed by atoms with van der Waals surface area (Å²) in [5.41, 5.74) is 1.98. The summed E-state index contributed by atoms with van der Waals surface area (Å²) in [6.45, 7) is 3.70. The van der Waals surface area contributed by atoms with Crippen molar-refractivity contribution in [3.05, 3.63) is 84.2 Å². The number of carbonyl (C=O) groups excluding carboxylic acids is 2. The number of nitrogens with one attached hydrogen (secondary N) is 2. The minimum atomic E-state index is -0.221. The fourth-order valence-corrected chi connectivity index (χ4v) is 3.62. The molecule has 1 saturated heterocycles. The van der Waals surface area contributed by atoms with E-state index in [9.17, 15) is 9.59 Å². The van der Waals surface area contributed by atoms with Crippen LogP contribution in [0.1, 0.15) is 15.9 Å². The van der Waals surface area contributed by atoms with Crippen molar-refractivity contribution < 1.29 is 9.59 Å². The molecule has 164 valence electrons. The standard InChI is InChI=1S/C24H26N6O2/c31-22(18-29-13-15-30(16-14-29)24-25-11-6-12-26-24)28-21-10-5-4-9-20(21)23(32)27-17-19-7-2-1-3-8-19/h1-12H,13-18H2,(H,27,32)(H,28,31). The highest BCUT2D eigenvalue weighted by Gasteiger charge is 2.21. The van der Waals surface area contributed by atoms with Gasteiger partial charge in [-0.1, -0.05) is 42.5 Å². The Morgan fingerprint density at radius 1 is 0.844 bits per heavy atom. The van der Waals surface area contributed by atoms with Crippen molar-refractivity contribution in [1.82, 2.24) is 20.2 Å². The molecule has 1 aliphatic rings. The number of hydrogen-bond acceptors (Lipinski definition) is 6. The molecule has 2 aromatic carbocycles. The molecule has 1 aliphatic heterocycles. The van der Waals surface area contributed by atoms with Crippen molar-refractivity contribution in [3.8, 4) is 0 Å². The predicted octanol–water partition coefficient (Wildman–Crippen LogP) is 2.17. The molecule has 2 N–H and O–H groups in total. The Morgan fingerprint density at radius 3 is 2.28 bits per heavy atom. The van der Waals surface area contributed by atoms with Crippen LogP contribution < -0.4 is 15.5 Å². The molecule has 4 rings (SSSR count). The minimum absolute atomic E-state index is 0.141. The number of aromatic nitrogens is 2. The zero-order valence-electron chi connectivity index (χ0n) is 17.8. The monoisotopic (exact) mass is 430 g/mol. The lowest BCUT2D eigenvalue weighted by Gasteiger charge is -2.34. The number of piperazine rings is 1. The summed E-state index contributed by atoms with van der Waals surface area (Å²) in [5, 5.41) is 5.81. The Labute approximate surface area is 187 Å². The maximum absolute atomic E-state index is 12.7. The van der Waals surface area contributed by atoms with E-state index in [4.69, 9.17) is 0 Å². The van der Waals surface area contributed by atoms with E-state index in [0.717, 1.165) is 31.7 Å². The Hall–Kier alpha value is -3.78. The molecule has 1 fully saturated rings. The van der Waals surface area contributed by atoms with Crippen LogP contribution in [0, 0.1) is 0 Å². The van der Waals surface area contributed by atoms with E-state index >= 15 is 0 Å². The molecule has 2 amide bonds. The molecule has 0 atom stereocenters. The molecule has 0 radical (unpaired) electrons. The number of anilines is 2. The molecular formula is C24H26N6O2. The fraction of sp³-hybridized carbons (Fsp3) is 0.250. The van der Waals surface area contributed by atoms with Gasteiger partial charge < -0.3 is 15.5 Å². The summed E-state index contributed by atoms with van der Waals surface area (Å²) in [7, 11) is 0. The zero-order chi connectivity index (χ0) is 22.2. The first-order valence-corrected chi connectivity index (χ1v) is 10.6. The van der Waals surface area contributed by atoms with Crippen molar-refractivity contribution >= 4 is 23.5 Å². The molecule has 0 unspecified atom stereocenters. The minimum Gasteiger partial charge on any atom is -0.348 e. The molecule has 8 nitrogen and oxygen atoms in total. The van der Waals surface area contributed by atoms with Gasteiger partial charge in [-0.05, 0) is 23.8 Å². The number of benzene rings is 2. The van der Waals surface area contributed by atoms with Gasteiger partial charge in [0.25, 0.3) is 5.91 Å². The quantitative estimate of drug-likeness (QED) is 0.597. The summed E-state index contributed by atoms with van der Waals surface area (Å²) in [6.07, 6.45) is 3.46. The van der Waals surface area contributed by atoms with Crippen molar-refractivity contribution in [2.24, 2.45) is 0 Å². The van der Waals surface area contributed by atoms with Gasteiger partial charge in [0.05, 0.1) is 17.8 Å². The maximum Gasteiger partial charge on any atom is 0.253 e. The van der Waals surface area contributed by atoms with Gasteiger partial charge >= 0.3 is 0 Å². The lowest BCUT2D eigenvalue weighted by atomic mass is 10.1. The average molecular weight is 431 g/mol. The lowest BCUT2D eigenvalue weighted by molar-refractivity contribution is -0.117. The number of rotatable bonds is 7. The van der Waals surface area contributed by atoms with Crippen LogP contribution in [0.15, 0.2) is 73.1 Å². The summed E-state index contributed by atoms with van der Waals surface area (Å²) >= 11 is 0. The first-order chi connectivity index (χ1) is 15.7. The predicted molar refractivity (Wildman–Crippen MR) is 123 cm³/mol. The molecule has 0 spiro atoms. The van der Waals surface area contributed by atoms with E-state index in [-0.39, 0.29) is 18.4 Å². The van der Waals surface area contributed by atoms with Crippen LogP contribution in [-0.4, -0.2) is 59.4 Å². The molecule has 0 aliphatic carbocycles. The SMILES string of the molecule is O=C(CN1CCN(c2ncccn2)CC1)Nc1ccccc1C(=O)NCc1ccccc1. The number of amides is 2. The number of hydrogen-bond donors (Lipinski definition) is 2. The highest BCUT2D eigenvalue weighted by Crippen LogP contribution is 2.16. The zero-order valence-corrected chi connectivity index (χ0v) is 17.8. The van der Waals surface area contributed by atoms with Gasteiger partial charge in [-0.2, -0.15) is 0 Å².